The van der Waals surface area contributed by atoms with Crippen molar-refractivity contribution in [2.24, 2.45) is 0 Å². The van der Waals surface area contributed by atoms with Gasteiger partial charge in [0.25, 0.3) is 0 Å². The van der Waals surface area contributed by atoms with Gasteiger partial charge in [-0.25, -0.2) is 0 Å². The number of benzene rings is 1. The zero-order chi connectivity index (χ0) is 16.9. The van der Waals surface area contributed by atoms with Gasteiger partial charge in [0.05, 0.1) is 5.69 Å². The van der Waals surface area contributed by atoms with E-state index in [0.717, 1.165) is 33.4 Å². The largest absolute Gasteiger partial charge is 0.364 e. The summed E-state index contributed by atoms with van der Waals surface area (Å²) in [6.07, 6.45) is 7.97. The van der Waals surface area contributed by atoms with Crippen molar-refractivity contribution in [1.29, 1.82) is 0 Å². The van der Waals surface area contributed by atoms with Crippen LogP contribution in [0, 0.1) is 0 Å². The van der Waals surface area contributed by atoms with Crippen LogP contribution in [-0.4, -0.2) is 20.2 Å². The first-order valence-electron chi connectivity index (χ1n) is 8.16. The van der Waals surface area contributed by atoms with Gasteiger partial charge in [-0.15, -0.1) is 5.10 Å². The van der Waals surface area contributed by atoms with E-state index >= 15 is 0 Å². The Morgan fingerprint density at radius 1 is 0.720 bits per heavy atom. The summed E-state index contributed by atoms with van der Waals surface area (Å²) in [5.74, 6) is 0.786. The molecule has 0 amide bonds. The first kappa shape index (κ1) is 15.2. The summed E-state index contributed by atoms with van der Waals surface area (Å²) in [7, 11) is 0. The summed E-state index contributed by atoms with van der Waals surface area (Å²) >= 11 is 0. The van der Waals surface area contributed by atoms with Gasteiger partial charge >= 0.3 is 0 Å². The van der Waals surface area contributed by atoms with E-state index in [-0.39, 0.29) is 0 Å². The predicted molar refractivity (Wildman–Crippen MR) is 98.1 cm³/mol. The Kier molecular flexibility index (Phi) is 4.29. The maximum Gasteiger partial charge on any atom is 0.156 e. The summed E-state index contributed by atoms with van der Waals surface area (Å²) in [6.45, 7) is 0.661. The second kappa shape index (κ2) is 7.05. The van der Waals surface area contributed by atoms with Crippen molar-refractivity contribution in [2.75, 3.05) is 5.32 Å². The number of fused-ring (bicyclic) bond motifs is 1. The van der Waals surface area contributed by atoms with Crippen molar-refractivity contribution < 1.29 is 0 Å². The minimum Gasteiger partial charge on any atom is -0.364 e. The molecular formula is C20H17N5. The normalized spacial score (nSPS) is 10.7. The lowest BCUT2D eigenvalue weighted by atomic mass is 10.1. The van der Waals surface area contributed by atoms with E-state index in [1.165, 1.54) is 0 Å². The number of nitrogens with zero attached hydrogens (tertiary/aromatic N) is 4. The van der Waals surface area contributed by atoms with Crippen molar-refractivity contribution in [3.05, 3.63) is 90.1 Å². The van der Waals surface area contributed by atoms with Crippen LogP contribution in [0.1, 0.15) is 16.8 Å². The van der Waals surface area contributed by atoms with Crippen LogP contribution in [0.25, 0.3) is 10.8 Å². The number of nitrogens with one attached hydrogen (secondary N) is 1. The molecule has 0 aliphatic rings. The van der Waals surface area contributed by atoms with E-state index < -0.39 is 0 Å². The van der Waals surface area contributed by atoms with Crippen LogP contribution in [-0.2, 0) is 13.0 Å². The quantitative estimate of drug-likeness (QED) is 0.606. The van der Waals surface area contributed by atoms with Crippen molar-refractivity contribution in [1.82, 2.24) is 20.2 Å². The molecule has 5 nitrogen and oxygen atoms in total. The molecule has 0 aliphatic carbocycles. The molecule has 5 heteroatoms. The first-order chi connectivity index (χ1) is 12.4. The van der Waals surface area contributed by atoms with Gasteiger partial charge in [-0.1, -0.05) is 36.4 Å². The Morgan fingerprint density at radius 3 is 2.16 bits per heavy atom. The van der Waals surface area contributed by atoms with E-state index in [9.17, 15) is 0 Å². The smallest absolute Gasteiger partial charge is 0.156 e. The number of hydrogen-bond donors (Lipinski definition) is 1. The van der Waals surface area contributed by atoms with Crippen molar-refractivity contribution in [3.8, 4) is 0 Å². The number of aromatic nitrogens is 4. The topological polar surface area (TPSA) is 63.6 Å². The molecule has 3 heterocycles. The molecule has 0 radical (unpaired) electrons. The van der Waals surface area contributed by atoms with Gasteiger partial charge in [-0.3, -0.25) is 9.97 Å². The Labute approximate surface area is 145 Å². The summed E-state index contributed by atoms with van der Waals surface area (Å²) in [6, 6.07) is 16.2. The van der Waals surface area contributed by atoms with Crippen LogP contribution in [0.3, 0.4) is 0 Å². The third-order valence-electron chi connectivity index (χ3n) is 4.04. The zero-order valence-electron chi connectivity index (χ0n) is 13.6. The summed E-state index contributed by atoms with van der Waals surface area (Å²) in [5.41, 5.74) is 3.18. The molecule has 122 valence electrons. The zero-order valence-corrected chi connectivity index (χ0v) is 13.6. The number of anilines is 1. The molecule has 0 aliphatic heterocycles. The Balaban J connectivity index is 1.64. The highest BCUT2D eigenvalue weighted by Crippen LogP contribution is 2.24. The second-order valence-corrected chi connectivity index (χ2v) is 5.79. The molecule has 3 aromatic heterocycles. The van der Waals surface area contributed by atoms with Gasteiger partial charge in [0.1, 0.15) is 0 Å². The first-order valence-corrected chi connectivity index (χ1v) is 8.16. The van der Waals surface area contributed by atoms with Gasteiger partial charge in [0.15, 0.2) is 5.82 Å². The summed E-state index contributed by atoms with van der Waals surface area (Å²) in [4.78, 5) is 8.31. The molecule has 0 saturated carbocycles. The third-order valence-corrected chi connectivity index (χ3v) is 4.04. The van der Waals surface area contributed by atoms with Crippen LogP contribution < -0.4 is 5.32 Å². The van der Waals surface area contributed by atoms with Crippen LogP contribution in [0.2, 0.25) is 0 Å². The van der Waals surface area contributed by atoms with Crippen molar-refractivity contribution >= 4 is 16.6 Å². The lowest BCUT2D eigenvalue weighted by Crippen LogP contribution is -2.06. The van der Waals surface area contributed by atoms with Crippen molar-refractivity contribution in [3.63, 3.8) is 0 Å². The lowest BCUT2D eigenvalue weighted by molar-refractivity contribution is 0.943. The molecule has 1 N–H and O–H groups in total. The summed E-state index contributed by atoms with van der Waals surface area (Å²) < 4.78 is 0. The van der Waals surface area contributed by atoms with E-state index in [1.807, 2.05) is 42.7 Å². The van der Waals surface area contributed by atoms with E-state index in [1.54, 1.807) is 12.4 Å². The fourth-order valence-corrected chi connectivity index (χ4v) is 2.81. The fourth-order valence-electron chi connectivity index (χ4n) is 2.81. The number of rotatable bonds is 5. The third kappa shape index (κ3) is 3.45. The van der Waals surface area contributed by atoms with Gasteiger partial charge in [0.2, 0.25) is 0 Å². The summed E-state index contributed by atoms with van der Waals surface area (Å²) in [5, 5.41) is 14.4. The minimum absolute atomic E-state index is 0.661. The highest BCUT2D eigenvalue weighted by molar-refractivity contribution is 5.93. The molecule has 1 aromatic carbocycles. The molecule has 0 unspecified atom stereocenters. The molecule has 25 heavy (non-hydrogen) atoms. The molecule has 0 fully saturated rings. The standard InChI is InChI=1S/C20H17N5/c1-2-8-18-17(7-1)19(11-15-5-3-9-21-12-15)24-25-20(18)23-14-16-6-4-10-22-13-16/h1-10,12-13H,11,14H2,(H,23,25). The fraction of sp³-hybridized carbons (Fsp3) is 0.100. The molecular weight excluding hydrogens is 310 g/mol. The van der Waals surface area contributed by atoms with Gasteiger partial charge in [-0.05, 0) is 23.3 Å². The van der Waals surface area contributed by atoms with Gasteiger partial charge < -0.3 is 5.32 Å². The second-order valence-electron chi connectivity index (χ2n) is 5.79. The highest BCUT2D eigenvalue weighted by Gasteiger charge is 2.09. The number of pyridine rings is 2. The monoisotopic (exact) mass is 327 g/mol. The average molecular weight is 327 g/mol. The Hall–Kier alpha value is -3.34. The van der Waals surface area contributed by atoms with Gasteiger partial charge in [0, 0.05) is 48.5 Å². The maximum absolute atomic E-state index is 4.46. The molecule has 4 rings (SSSR count). The number of hydrogen-bond acceptors (Lipinski definition) is 5. The Morgan fingerprint density at radius 2 is 1.44 bits per heavy atom. The van der Waals surface area contributed by atoms with Crippen LogP contribution in [0.15, 0.2) is 73.3 Å². The lowest BCUT2D eigenvalue weighted by Gasteiger charge is -2.11. The minimum atomic E-state index is 0.661. The van der Waals surface area contributed by atoms with E-state index in [2.05, 4.69) is 43.7 Å². The SMILES string of the molecule is c1cncc(CNc2nnc(Cc3cccnc3)c3ccccc23)c1. The highest BCUT2D eigenvalue weighted by atomic mass is 15.2. The van der Waals surface area contributed by atoms with Crippen LogP contribution in [0.4, 0.5) is 5.82 Å². The molecule has 0 spiro atoms. The average Bonchev–Trinajstić information content (AvgIpc) is 2.69. The van der Waals surface area contributed by atoms with E-state index in [0.29, 0.717) is 13.0 Å². The van der Waals surface area contributed by atoms with Gasteiger partial charge in [-0.2, -0.15) is 5.10 Å². The molecule has 4 aromatic rings. The maximum atomic E-state index is 4.46. The van der Waals surface area contributed by atoms with E-state index in [4.69, 9.17) is 0 Å². The van der Waals surface area contributed by atoms with Crippen molar-refractivity contribution in [2.45, 2.75) is 13.0 Å². The Bertz CT molecular complexity index is 971. The molecule has 0 atom stereocenters. The predicted octanol–water partition coefficient (Wildman–Crippen LogP) is 3.62. The molecule has 0 bridgehead atoms. The van der Waals surface area contributed by atoms with Crippen LogP contribution >= 0.6 is 0 Å². The molecule has 0 saturated heterocycles. The van der Waals surface area contributed by atoms with Crippen LogP contribution in [0.5, 0.6) is 0 Å².